The molecule has 1 aromatic rings. The number of carbonyl (C=O) groups is 11. The molecule has 25 heteroatoms. The lowest BCUT2D eigenvalue weighted by Gasteiger charge is -2.29. The molecule has 15 N–H and O–H groups in total. The summed E-state index contributed by atoms with van der Waals surface area (Å²) >= 11 is 0. The van der Waals surface area contributed by atoms with E-state index in [2.05, 4.69) is 42.5 Å². The van der Waals surface area contributed by atoms with Gasteiger partial charge >= 0.3 is 0 Å². The molecule has 1 heterocycles. The maximum absolute atomic E-state index is 14.1. The molecule has 0 aromatic heterocycles. The zero-order chi connectivity index (χ0) is 52.0. The van der Waals surface area contributed by atoms with Gasteiger partial charge in [0.25, 0.3) is 0 Å². The number of aromatic hydroxyl groups is 1. The first kappa shape index (κ1) is 58.5. The van der Waals surface area contributed by atoms with E-state index in [-0.39, 0.29) is 48.9 Å². The second-order valence-corrected chi connectivity index (χ2v) is 19.0. The van der Waals surface area contributed by atoms with Crippen LogP contribution in [-0.2, 0) is 70.0 Å². The number of nitrogens with two attached hydrogens (primary N) is 3. The first-order valence-corrected chi connectivity index (χ1v) is 24.3. The van der Waals surface area contributed by atoms with Crippen LogP contribution in [0.15, 0.2) is 24.3 Å². The number of hydrogen-bond acceptors (Lipinski definition) is 13. The van der Waals surface area contributed by atoms with Crippen LogP contribution in [0.2, 0.25) is 0 Å². The van der Waals surface area contributed by atoms with E-state index in [1.165, 1.54) is 24.3 Å². The molecule has 0 spiro atoms. The molecule has 1 aliphatic rings. The van der Waals surface area contributed by atoms with Gasteiger partial charge in [0.15, 0.2) is 0 Å². The molecule has 24 nitrogen and oxygen atoms in total. The highest BCUT2D eigenvalue weighted by molar-refractivity contribution is 7.85. The summed E-state index contributed by atoms with van der Waals surface area (Å²) in [5.41, 5.74) is 16.5. The Balaban J connectivity index is 2.64. The molecule has 9 atom stereocenters. The van der Waals surface area contributed by atoms with Crippen LogP contribution in [0.3, 0.4) is 0 Å². The van der Waals surface area contributed by atoms with Gasteiger partial charge < -0.3 is 64.8 Å². The van der Waals surface area contributed by atoms with Crippen molar-refractivity contribution in [1.29, 1.82) is 0 Å². The van der Waals surface area contributed by atoms with Crippen molar-refractivity contribution in [2.75, 3.05) is 18.1 Å². The Labute approximate surface area is 403 Å². The van der Waals surface area contributed by atoms with Gasteiger partial charge in [0.2, 0.25) is 65.0 Å². The molecule has 0 saturated carbocycles. The van der Waals surface area contributed by atoms with Gasteiger partial charge in [-0.05, 0) is 55.2 Å². The molecular weight excluding hydrogens is 923 g/mol. The van der Waals surface area contributed by atoms with E-state index in [0.717, 1.165) is 0 Å². The predicted molar refractivity (Wildman–Crippen MR) is 251 cm³/mol. The van der Waals surface area contributed by atoms with Gasteiger partial charge in [-0.2, -0.15) is 0 Å². The molecule has 384 valence electrons. The average Bonchev–Trinajstić information content (AvgIpc) is 3.27. The Hall–Kier alpha value is -6.66. The summed E-state index contributed by atoms with van der Waals surface area (Å²) in [5, 5.41) is 29.9. The van der Waals surface area contributed by atoms with Crippen molar-refractivity contribution in [2.24, 2.45) is 29.0 Å². The molecule has 1 aliphatic heterocycles. The minimum Gasteiger partial charge on any atom is -0.508 e. The van der Waals surface area contributed by atoms with E-state index in [4.69, 9.17) is 17.2 Å². The summed E-state index contributed by atoms with van der Waals surface area (Å²) < 4.78 is 13.5. The molecule has 1 saturated heterocycles. The van der Waals surface area contributed by atoms with Crippen LogP contribution in [0.5, 0.6) is 5.75 Å². The second-order valence-electron chi connectivity index (χ2n) is 17.3. The largest absolute Gasteiger partial charge is 0.508 e. The van der Waals surface area contributed by atoms with Crippen LogP contribution < -0.4 is 59.7 Å². The Bertz CT molecular complexity index is 2040. The monoisotopic (exact) mass is 991 g/mol. The highest BCUT2D eigenvalue weighted by Gasteiger charge is 2.36. The maximum Gasteiger partial charge on any atom is 0.243 e. The summed E-state index contributed by atoms with van der Waals surface area (Å²) in [7, 11) is -1.87. The van der Waals surface area contributed by atoms with Crippen molar-refractivity contribution >= 4 is 75.8 Å². The zero-order valence-electron chi connectivity index (χ0n) is 39.7. The summed E-state index contributed by atoms with van der Waals surface area (Å²) in [5.74, 6) is -11.3. The number of rotatable bonds is 20. The van der Waals surface area contributed by atoms with Crippen LogP contribution >= 0.6 is 0 Å². The SMILES string of the molecule is CCC[C@H](NC(=O)[C@@H]1CCS(=O)CCC(=O)N[C@@H](Cc2ccc(O)cc2)C(=O)N[C@@H]([C@@H](C)CC)C(=O)N[C@@H](CCC(N)=O)C(=O)N[C@@H](CC(N)=O)C(=O)N1)C(=O)N[C@@H](CC(C)C)C(=O)NCC(N)=O. The summed E-state index contributed by atoms with van der Waals surface area (Å²) in [6, 6.07) is -4.36. The third kappa shape index (κ3) is 21.5. The van der Waals surface area contributed by atoms with Crippen molar-refractivity contribution in [2.45, 2.75) is 141 Å². The number of carbonyl (C=O) groups excluding carboxylic acids is 11. The quantitative estimate of drug-likeness (QED) is 0.0605. The van der Waals surface area contributed by atoms with E-state index < -0.39 is 156 Å². The van der Waals surface area contributed by atoms with Crippen molar-refractivity contribution in [3.8, 4) is 5.75 Å². The minimum absolute atomic E-state index is 0.0268. The third-order valence-electron chi connectivity index (χ3n) is 11.0. The fourth-order valence-corrected chi connectivity index (χ4v) is 8.12. The molecule has 1 aromatic carbocycles. The van der Waals surface area contributed by atoms with E-state index in [1.807, 2.05) is 0 Å². The topological polar surface area (TPSA) is 399 Å². The highest BCUT2D eigenvalue weighted by atomic mass is 32.2. The Morgan fingerprint density at radius 3 is 1.94 bits per heavy atom. The first-order valence-electron chi connectivity index (χ1n) is 22.8. The number of phenolic OH excluding ortho intramolecular Hbond substituents is 1. The Kier molecular flexibility index (Phi) is 24.8. The first-order chi connectivity index (χ1) is 32.4. The number of nitrogens with one attached hydrogen (secondary N) is 8. The average molecular weight is 992 g/mol. The number of benzene rings is 1. The van der Waals surface area contributed by atoms with Crippen molar-refractivity contribution in [3.05, 3.63) is 29.8 Å². The molecule has 69 heavy (non-hydrogen) atoms. The Morgan fingerprint density at radius 2 is 1.36 bits per heavy atom. The van der Waals surface area contributed by atoms with E-state index in [1.54, 1.807) is 34.6 Å². The maximum atomic E-state index is 14.1. The van der Waals surface area contributed by atoms with Crippen LogP contribution in [0.4, 0.5) is 0 Å². The fourth-order valence-electron chi connectivity index (χ4n) is 7.00. The third-order valence-corrected chi connectivity index (χ3v) is 12.3. The van der Waals surface area contributed by atoms with Gasteiger partial charge in [0.1, 0.15) is 48.0 Å². The van der Waals surface area contributed by atoms with Crippen LogP contribution in [0.25, 0.3) is 0 Å². The van der Waals surface area contributed by atoms with Crippen LogP contribution in [0.1, 0.15) is 98.0 Å². The number of primary amides is 3. The zero-order valence-corrected chi connectivity index (χ0v) is 40.5. The van der Waals surface area contributed by atoms with E-state index in [9.17, 15) is 62.1 Å². The number of phenols is 1. The van der Waals surface area contributed by atoms with Gasteiger partial charge in [0, 0.05) is 41.6 Å². The van der Waals surface area contributed by atoms with Gasteiger partial charge in [-0.3, -0.25) is 56.9 Å². The molecule has 0 radical (unpaired) electrons. The van der Waals surface area contributed by atoms with Gasteiger partial charge in [-0.25, -0.2) is 0 Å². The molecular formula is C44H69N11O13S. The van der Waals surface area contributed by atoms with Crippen LogP contribution in [-0.4, -0.2) is 135 Å². The lowest BCUT2D eigenvalue weighted by Crippen LogP contribution is -2.61. The molecule has 0 bridgehead atoms. The fraction of sp³-hybridized carbons (Fsp3) is 0.614. The summed E-state index contributed by atoms with van der Waals surface area (Å²) in [6.07, 6.45) is -1.78. The van der Waals surface area contributed by atoms with E-state index in [0.29, 0.717) is 18.4 Å². The van der Waals surface area contributed by atoms with Crippen molar-refractivity contribution < 1.29 is 62.1 Å². The Morgan fingerprint density at radius 1 is 0.739 bits per heavy atom. The van der Waals surface area contributed by atoms with Crippen molar-refractivity contribution in [3.63, 3.8) is 0 Å². The standard InChI is InChI=1S/C44H69N11O13S/c1-6-8-27(39(62)53-30(19-23(3)4)38(61)48-22-35(47)59)50-41(64)29-15-17-69(68)18-16-36(60)49-31(20-25-9-11-26(56)12-10-25)43(66)55-37(24(5)7-2)44(67)52-28(13-14-33(45)57)40(63)54-32(21-34(46)58)42(65)51-29/h9-12,23-24,27-32,37,56H,6-8,13-22H2,1-5H3,(H2,45,57)(H2,46,58)(H2,47,59)(H,48,61)(H,49,60)(H,50,64)(H,51,65)(H,52,67)(H,53,62)(H,54,63)(H,55,66)/t24-,27-,28-,29-,30-,31-,32-,37-,69?/m0/s1. The number of hydrogen-bond donors (Lipinski definition) is 12. The molecule has 1 fully saturated rings. The molecule has 0 aliphatic carbocycles. The number of amides is 11. The molecule has 2 rings (SSSR count). The summed E-state index contributed by atoms with van der Waals surface area (Å²) in [6.45, 7) is 8.16. The predicted octanol–water partition coefficient (Wildman–Crippen LogP) is -3.49. The molecule has 1 unspecified atom stereocenters. The highest BCUT2D eigenvalue weighted by Crippen LogP contribution is 2.15. The van der Waals surface area contributed by atoms with Crippen LogP contribution in [0, 0.1) is 11.8 Å². The lowest BCUT2D eigenvalue weighted by atomic mass is 9.96. The van der Waals surface area contributed by atoms with E-state index >= 15 is 0 Å². The normalized spacial score (nSPS) is 22.4. The smallest absolute Gasteiger partial charge is 0.243 e. The lowest BCUT2D eigenvalue weighted by molar-refractivity contribution is -0.137. The van der Waals surface area contributed by atoms with Gasteiger partial charge in [-0.1, -0.05) is 59.6 Å². The second kappa shape index (κ2) is 29.3. The van der Waals surface area contributed by atoms with Gasteiger partial charge in [-0.15, -0.1) is 0 Å². The summed E-state index contributed by atoms with van der Waals surface area (Å²) in [4.78, 5) is 146. The minimum atomic E-state index is -1.87. The van der Waals surface area contributed by atoms with Crippen molar-refractivity contribution in [1.82, 2.24) is 42.5 Å². The van der Waals surface area contributed by atoms with Gasteiger partial charge in [0.05, 0.1) is 13.0 Å². The molecule has 11 amide bonds.